The van der Waals surface area contributed by atoms with Crippen LogP contribution in [0.3, 0.4) is 0 Å². The number of methoxy groups -OCH3 is 1. The SMILES string of the molecule is COC(CN)C(=O)Nc1cc(F)ccc1Br. The first-order valence-electron chi connectivity index (χ1n) is 4.57. The summed E-state index contributed by atoms with van der Waals surface area (Å²) in [6.07, 6.45) is -0.741. The number of anilines is 1. The number of ether oxygens (including phenoxy) is 1. The van der Waals surface area contributed by atoms with Crippen LogP contribution in [0.15, 0.2) is 22.7 Å². The topological polar surface area (TPSA) is 64.3 Å². The Kier molecular flexibility index (Phi) is 4.85. The number of halogens is 2. The van der Waals surface area contributed by atoms with Crippen molar-refractivity contribution < 1.29 is 13.9 Å². The molecule has 0 aliphatic heterocycles. The van der Waals surface area contributed by atoms with Crippen molar-refractivity contribution in [2.75, 3.05) is 19.0 Å². The van der Waals surface area contributed by atoms with E-state index in [-0.39, 0.29) is 6.54 Å². The summed E-state index contributed by atoms with van der Waals surface area (Å²) in [5.41, 5.74) is 5.68. The Hall–Kier alpha value is -0.980. The van der Waals surface area contributed by atoms with Gasteiger partial charge in [0.15, 0.2) is 0 Å². The Morgan fingerprint density at radius 1 is 1.69 bits per heavy atom. The average molecular weight is 291 g/mol. The van der Waals surface area contributed by atoms with E-state index in [9.17, 15) is 9.18 Å². The Morgan fingerprint density at radius 3 is 2.94 bits per heavy atom. The molecule has 0 heterocycles. The van der Waals surface area contributed by atoms with Crippen LogP contribution in [0.1, 0.15) is 0 Å². The van der Waals surface area contributed by atoms with Crippen molar-refractivity contribution in [2.24, 2.45) is 5.73 Å². The number of benzene rings is 1. The fourth-order valence-electron chi connectivity index (χ4n) is 1.12. The Balaban J connectivity index is 2.80. The molecule has 0 aliphatic carbocycles. The Morgan fingerprint density at radius 2 is 2.38 bits per heavy atom. The number of carbonyl (C=O) groups is 1. The molecule has 1 rings (SSSR count). The van der Waals surface area contributed by atoms with Gasteiger partial charge in [0, 0.05) is 18.1 Å². The van der Waals surface area contributed by atoms with E-state index in [2.05, 4.69) is 21.2 Å². The standard InChI is InChI=1S/C10H12BrFN2O2/c1-16-9(5-13)10(15)14-8-4-6(12)2-3-7(8)11/h2-4,9H,5,13H2,1H3,(H,14,15). The summed E-state index contributed by atoms with van der Waals surface area (Å²) >= 11 is 3.20. The molecular formula is C10H12BrFN2O2. The van der Waals surface area contributed by atoms with E-state index in [0.29, 0.717) is 10.2 Å². The van der Waals surface area contributed by atoms with E-state index in [4.69, 9.17) is 10.5 Å². The maximum Gasteiger partial charge on any atom is 0.254 e. The molecule has 88 valence electrons. The van der Waals surface area contributed by atoms with Crippen LogP contribution >= 0.6 is 15.9 Å². The predicted octanol–water partition coefficient (Wildman–Crippen LogP) is 1.50. The van der Waals surface area contributed by atoms with Crippen LogP contribution in [0.25, 0.3) is 0 Å². The minimum Gasteiger partial charge on any atom is -0.370 e. The van der Waals surface area contributed by atoms with Crippen molar-refractivity contribution in [3.63, 3.8) is 0 Å². The highest BCUT2D eigenvalue weighted by atomic mass is 79.9. The van der Waals surface area contributed by atoms with Gasteiger partial charge in [-0.05, 0) is 34.1 Å². The van der Waals surface area contributed by atoms with Gasteiger partial charge in [-0.2, -0.15) is 0 Å². The van der Waals surface area contributed by atoms with Crippen molar-refractivity contribution in [2.45, 2.75) is 6.10 Å². The third-order valence-corrected chi connectivity index (χ3v) is 2.67. The molecule has 4 nitrogen and oxygen atoms in total. The number of hydrogen-bond acceptors (Lipinski definition) is 3. The number of amides is 1. The van der Waals surface area contributed by atoms with Gasteiger partial charge in [0.25, 0.3) is 5.91 Å². The predicted molar refractivity (Wildman–Crippen MR) is 62.6 cm³/mol. The zero-order valence-electron chi connectivity index (χ0n) is 8.67. The van der Waals surface area contributed by atoms with Gasteiger partial charge in [0.2, 0.25) is 0 Å². The highest BCUT2D eigenvalue weighted by Gasteiger charge is 2.16. The molecule has 3 N–H and O–H groups in total. The first kappa shape index (κ1) is 13.1. The second-order valence-corrected chi connectivity index (χ2v) is 3.93. The molecule has 0 radical (unpaired) electrons. The van der Waals surface area contributed by atoms with Crippen LogP contribution in [0, 0.1) is 5.82 Å². The maximum absolute atomic E-state index is 12.9. The van der Waals surface area contributed by atoms with Crippen molar-refractivity contribution in [1.82, 2.24) is 0 Å². The summed E-state index contributed by atoms with van der Waals surface area (Å²) < 4.78 is 18.4. The van der Waals surface area contributed by atoms with Crippen molar-refractivity contribution >= 4 is 27.5 Å². The van der Waals surface area contributed by atoms with Crippen molar-refractivity contribution in [1.29, 1.82) is 0 Å². The lowest BCUT2D eigenvalue weighted by atomic mass is 10.2. The van der Waals surface area contributed by atoms with Crippen LogP contribution in [0.4, 0.5) is 10.1 Å². The molecule has 16 heavy (non-hydrogen) atoms. The summed E-state index contributed by atoms with van der Waals surface area (Å²) in [6.45, 7) is 0.0648. The van der Waals surface area contributed by atoms with Crippen LogP contribution in [0.5, 0.6) is 0 Å². The highest BCUT2D eigenvalue weighted by Crippen LogP contribution is 2.23. The first-order chi connectivity index (χ1) is 7.58. The Bertz CT molecular complexity index is 383. The molecule has 1 aromatic rings. The molecule has 1 atom stereocenters. The largest absolute Gasteiger partial charge is 0.370 e. The van der Waals surface area contributed by atoms with Gasteiger partial charge in [-0.3, -0.25) is 4.79 Å². The van der Waals surface area contributed by atoms with Crippen molar-refractivity contribution in [3.05, 3.63) is 28.5 Å². The van der Waals surface area contributed by atoms with Crippen LogP contribution in [0.2, 0.25) is 0 Å². The molecule has 1 aromatic carbocycles. The normalized spacial score (nSPS) is 12.2. The first-order valence-corrected chi connectivity index (χ1v) is 5.36. The van der Waals surface area contributed by atoms with E-state index in [1.807, 2.05) is 0 Å². The van der Waals surface area contributed by atoms with E-state index in [1.165, 1.54) is 25.3 Å². The van der Waals surface area contributed by atoms with Gasteiger partial charge in [0.1, 0.15) is 11.9 Å². The summed E-state index contributed by atoms with van der Waals surface area (Å²) in [6, 6.07) is 4.01. The second-order valence-electron chi connectivity index (χ2n) is 3.07. The molecule has 0 spiro atoms. The molecule has 0 bridgehead atoms. The lowest BCUT2D eigenvalue weighted by Gasteiger charge is -2.13. The minimum atomic E-state index is -0.741. The fraction of sp³-hybridized carbons (Fsp3) is 0.300. The van der Waals surface area contributed by atoms with Gasteiger partial charge in [-0.1, -0.05) is 0 Å². The molecule has 0 aromatic heterocycles. The summed E-state index contributed by atoms with van der Waals surface area (Å²) in [5, 5.41) is 2.52. The molecule has 0 aliphatic rings. The lowest BCUT2D eigenvalue weighted by Crippen LogP contribution is -2.36. The molecule has 6 heteroatoms. The highest BCUT2D eigenvalue weighted by molar-refractivity contribution is 9.10. The number of rotatable bonds is 4. The number of nitrogens with one attached hydrogen (secondary N) is 1. The van der Waals surface area contributed by atoms with Crippen LogP contribution < -0.4 is 11.1 Å². The van der Waals surface area contributed by atoms with Crippen LogP contribution in [-0.4, -0.2) is 25.7 Å². The number of hydrogen-bond donors (Lipinski definition) is 2. The molecule has 0 saturated carbocycles. The average Bonchev–Trinajstić information content (AvgIpc) is 2.25. The smallest absolute Gasteiger partial charge is 0.254 e. The summed E-state index contributed by atoms with van der Waals surface area (Å²) in [4.78, 5) is 11.6. The molecular weight excluding hydrogens is 279 g/mol. The van der Waals surface area contributed by atoms with Gasteiger partial charge in [0.05, 0.1) is 5.69 Å². The van der Waals surface area contributed by atoms with E-state index in [0.717, 1.165) is 0 Å². The van der Waals surface area contributed by atoms with Crippen molar-refractivity contribution in [3.8, 4) is 0 Å². The van der Waals surface area contributed by atoms with E-state index in [1.54, 1.807) is 0 Å². The quantitative estimate of drug-likeness (QED) is 0.883. The summed E-state index contributed by atoms with van der Waals surface area (Å²) in [7, 11) is 1.39. The Labute approximate surface area is 101 Å². The van der Waals surface area contributed by atoms with E-state index < -0.39 is 17.8 Å². The van der Waals surface area contributed by atoms with Crippen LogP contribution in [-0.2, 0) is 9.53 Å². The van der Waals surface area contributed by atoms with Gasteiger partial charge in [-0.25, -0.2) is 4.39 Å². The minimum absolute atomic E-state index is 0.0648. The zero-order valence-corrected chi connectivity index (χ0v) is 10.3. The second kappa shape index (κ2) is 5.93. The molecule has 0 saturated heterocycles. The molecule has 1 amide bonds. The monoisotopic (exact) mass is 290 g/mol. The van der Waals surface area contributed by atoms with E-state index >= 15 is 0 Å². The van der Waals surface area contributed by atoms with Gasteiger partial charge >= 0.3 is 0 Å². The lowest BCUT2D eigenvalue weighted by molar-refractivity contribution is -0.125. The molecule has 0 fully saturated rings. The third-order valence-electron chi connectivity index (χ3n) is 1.98. The maximum atomic E-state index is 12.9. The van der Waals surface area contributed by atoms with Gasteiger partial charge < -0.3 is 15.8 Å². The van der Waals surface area contributed by atoms with Gasteiger partial charge in [-0.15, -0.1) is 0 Å². The number of carbonyl (C=O) groups excluding carboxylic acids is 1. The number of nitrogens with two attached hydrogens (primary N) is 1. The fourth-order valence-corrected chi connectivity index (χ4v) is 1.46. The molecule has 1 unspecified atom stereocenters. The summed E-state index contributed by atoms with van der Waals surface area (Å²) in [5.74, 6) is -0.837. The third kappa shape index (κ3) is 3.26. The zero-order chi connectivity index (χ0) is 12.1.